The lowest BCUT2D eigenvalue weighted by Crippen LogP contribution is -2.50. The van der Waals surface area contributed by atoms with Crippen LogP contribution in [0, 0.1) is 5.92 Å². The molecule has 4 heteroatoms. The Morgan fingerprint density at radius 2 is 1.95 bits per heavy atom. The predicted octanol–water partition coefficient (Wildman–Crippen LogP) is 2.04. The minimum atomic E-state index is 0.269. The number of likely N-dealkylation sites (tertiary alicyclic amines) is 2. The number of hydrogen-bond donors (Lipinski definition) is 1. The summed E-state index contributed by atoms with van der Waals surface area (Å²) in [5.74, 6) is 0.725. The van der Waals surface area contributed by atoms with Gasteiger partial charge in [0.1, 0.15) is 0 Å². The standard InChI is InChI=1S/C17H30N2O2/c1-2-3-4-7-17(21)18-11-8-16(9-12-18)19-10-5-6-15(13-19)14-20/h3-4,15-16,20H,2,5-14H2,1H3. The van der Waals surface area contributed by atoms with Crippen molar-refractivity contribution in [2.24, 2.45) is 5.92 Å². The van der Waals surface area contributed by atoms with Gasteiger partial charge in [0, 0.05) is 38.7 Å². The van der Waals surface area contributed by atoms with Crippen molar-refractivity contribution in [2.45, 2.75) is 51.5 Å². The van der Waals surface area contributed by atoms with Crippen LogP contribution in [0.15, 0.2) is 12.2 Å². The Hall–Kier alpha value is -0.870. The van der Waals surface area contributed by atoms with Crippen LogP contribution in [0.25, 0.3) is 0 Å². The summed E-state index contributed by atoms with van der Waals surface area (Å²) in [5.41, 5.74) is 0. The molecule has 0 aromatic rings. The van der Waals surface area contributed by atoms with Crippen LogP contribution in [0.4, 0.5) is 0 Å². The van der Waals surface area contributed by atoms with Gasteiger partial charge in [0.15, 0.2) is 0 Å². The Balaban J connectivity index is 1.75. The number of carbonyl (C=O) groups excluding carboxylic acids is 1. The first-order valence-electron chi connectivity index (χ1n) is 8.52. The Labute approximate surface area is 128 Å². The van der Waals surface area contributed by atoms with E-state index in [1.54, 1.807) is 0 Å². The summed E-state index contributed by atoms with van der Waals surface area (Å²) in [7, 11) is 0. The van der Waals surface area contributed by atoms with E-state index < -0.39 is 0 Å². The Morgan fingerprint density at radius 3 is 2.62 bits per heavy atom. The zero-order valence-corrected chi connectivity index (χ0v) is 13.3. The van der Waals surface area contributed by atoms with E-state index in [2.05, 4.69) is 17.9 Å². The summed E-state index contributed by atoms with van der Waals surface area (Å²) in [6, 6.07) is 0.606. The first kappa shape index (κ1) is 16.5. The molecule has 0 spiro atoms. The Kier molecular flexibility index (Phi) is 6.71. The number of allylic oxidation sites excluding steroid dienone is 1. The smallest absolute Gasteiger partial charge is 0.226 e. The maximum absolute atomic E-state index is 12.1. The molecule has 0 saturated carbocycles. The maximum atomic E-state index is 12.1. The normalized spacial score (nSPS) is 25.6. The average Bonchev–Trinajstić information content (AvgIpc) is 2.55. The van der Waals surface area contributed by atoms with Gasteiger partial charge in [0.2, 0.25) is 5.91 Å². The van der Waals surface area contributed by atoms with E-state index in [0.717, 1.165) is 51.9 Å². The quantitative estimate of drug-likeness (QED) is 0.789. The van der Waals surface area contributed by atoms with E-state index in [1.165, 1.54) is 6.42 Å². The molecule has 1 amide bonds. The van der Waals surface area contributed by atoms with Crippen molar-refractivity contribution in [3.8, 4) is 0 Å². The minimum Gasteiger partial charge on any atom is -0.396 e. The van der Waals surface area contributed by atoms with Gasteiger partial charge in [-0.3, -0.25) is 9.69 Å². The fourth-order valence-electron chi connectivity index (χ4n) is 3.54. The number of nitrogens with zero attached hydrogens (tertiary/aromatic N) is 2. The molecule has 2 heterocycles. The summed E-state index contributed by atoms with van der Waals surface area (Å²) in [4.78, 5) is 16.6. The Bertz CT molecular complexity index is 349. The van der Waals surface area contributed by atoms with Crippen molar-refractivity contribution in [3.05, 3.63) is 12.2 Å². The van der Waals surface area contributed by atoms with Crippen LogP contribution >= 0.6 is 0 Å². The number of aliphatic hydroxyl groups is 1. The van der Waals surface area contributed by atoms with Gasteiger partial charge in [-0.05, 0) is 44.6 Å². The van der Waals surface area contributed by atoms with E-state index >= 15 is 0 Å². The third kappa shape index (κ3) is 4.82. The van der Waals surface area contributed by atoms with Gasteiger partial charge < -0.3 is 10.0 Å². The van der Waals surface area contributed by atoms with E-state index in [9.17, 15) is 9.90 Å². The lowest BCUT2D eigenvalue weighted by atomic mass is 9.94. The third-order valence-corrected chi connectivity index (χ3v) is 4.84. The summed E-state index contributed by atoms with van der Waals surface area (Å²) in [5, 5.41) is 9.34. The van der Waals surface area contributed by atoms with Crippen molar-refractivity contribution in [2.75, 3.05) is 32.8 Å². The van der Waals surface area contributed by atoms with Crippen molar-refractivity contribution < 1.29 is 9.90 Å². The van der Waals surface area contributed by atoms with Crippen molar-refractivity contribution >= 4 is 5.91 Å². The highest BCUT2D eigenvalue weighted by Crippen LogP contribution is 2.23. The average molecular weight is 294 g/mol. The molecule has 120 valence electrons. The van der Waals surface area contributed by atoms with Crippen molar-refractivity contribution in [1.29, 1.82) is 0 Å². The molecular weight excluding hydrogens is 264 g/mol. The zero-order chi connectivity index (χ0) is 15.1. The highest BCUT2D eigenvalue weighted by atomic mass is 16.3. The molecule has 2 aliphatic heterocycles. The Morgan fingerprint density at radius 1 is 1.19 bits per heavy atom. The van der Waals surface area contributed by atoms with Gasteiger partial charge in [-0.15, -0.1) is 0 Å². The molecule has 0 aromatic carbocycles. The lowest BCUT2D eigenvalue weighted by molar-refractivity contribution is -0.132. The van der Waals surface area contributed by atoms with Crippen LogP contribution in [-0.2, 0) is 4.79 Å². The fourth-order valence-corrected chi connectivity index (χ4v) is 3.54. The first-order valence-corrected chi connectivity index (χ1v) is 8.52. The van der Waals surface area contributed by atoms with Crippen LogP contribution in [0.3, 0.4) is 0 Å². The number of piperidine rings is 2. The van der Waals surface area contributed by atoms with Gasteiger partial charge in [-0.25, -0.2) is 0 Å². The third-order valence-electron chi connectivity index (χ3n) is 4.84. The fraction of sp³-hybridized carbons (Fsp3) is 0.824. The molecule has 2 aliphatic rings. The molecule has 1 atom stereocenters. The summed E-state index contributed by atoms with van der Waals surface area (Å²) < 4.78 is 0. The van der Waals surface area contributed by atoms with Crippen molar-refractivity contribution in [1.82, 2.24) is 9.80 Å². The summed E-state index contributed by atoms with van der Waals surface area (Å²) in [6.07, 6.45) is 10.1. The molecule has 0 radical (unpaired) electrons. The molecule has 2 saturated heterocycles. The highest BCUT2D eigenvalue weighted by molar-refractivity contribution is 5.77. The lowest BCUT2D eigenvalue weighted by Gasteiger charge is -2.42. The minimum absolute atomic E-state index is 0.269. The number of rotatable bonds is 5. The molecule has 0 bridgehead atoms. The van der Waals surface area contributed by atoms with Crippen molar-refractivity contribution in [3.63, 3.8) is 0 Å². The number of hydrogen-bond acceptors (Lipinski definition) is 3. The molecular formula is C17H30N2O2. The second-order valence-electron chi connectivity index (χ2n) is 6.38. The molecule has 4 nitrogen and oxygen atoms in total. The monoisotopic (exact) mass is 294 g/mol. The highest BCUT2D eigenvalue weighted by Gasteiger charge is 2.29. The molecule has 2 rings (SSSR count). The number of amides is 1. The summed E-state index contributed by atoms with van der Waals surface area (Å²) >= 11 is 0. The number of aliphatic hydroxyl groups excluding tert-OH is 1. The second-order valence-corrected chi connectivity index (χ2v) is 6.38. The van der Waals surface area contributed by atoms with Gasteiger partial charge in [0.05, 0.1) is 0 Å². The van der Waals surface area contributed by atoms with Crippen LogP contribution in [0.2, 0.25) is 0 Å². The van der Waals surface area contributed by atoms with Gasteiger partial charge in [-0.1, -0.05) is 19.1 Å². The predicted molar refractivity (Wildman–Crippen MR) is 85.0 cm³/mol. The molecule has 0 aliphatic carbocycles. The van der Waals surface area contributed by atoms with Crippen LogP contribution in [0.5, 0.6) is 0 Å². The van der Waals surface area contributed by atoms with Gasteiger partial charge in [-0.2, -0.15) is 0 Å². The molecule has 0 aromatic heterocycles. The van der Waals surface area contributed by atoms with Crippen LogP contribution in [-0.4, -0.2) is 59.6 Å². The topological polar surface area (TPSA) is 43.8 Å². The SMILES string of the molecule is CCC=CCC(=O)N1CCC(N2CCCC(CO)C2)CC1. The largest absolute Gasteiger partial charge is 0.396 e. The zero-order valence-electron chi connectivity index (χ0n) is 13.3. The van der Waals surface area contributed by atoms with E-state index in [-0.39, 0.29) is 5.91 Å². The van der Waals surface area contributed by atoms with Gasteiger partial charge >= 0.3 is 0 Å². The summed E-state index contributed by atoms with van der Waals surface area (Å²) in [6.45, 7) is 6.39. The van der Waals surface area contributed by atoms with Crippen LogP contribution in [0.1, 0.15) is 45.4 Å². The van der Waals surface area contributed by atoms with E-state index in [4.69, 9.17) is 0 Å². The molecule has 1 unspecified atom stereocenters. The maximum Gasteiger partial charge on any atom is 0.226 e. The molecule has 1 N–H and O–H groups in total. The van der Waals surface area contributed by atoms with E-state index in [0.29, 0.717) is 25.0 Å². The first-order chi connectivity index (χ1) is 10.2. The number of carbonyl (C=O) groups is 1. The molecule has 21 heavy (non-hydrogen) atoms. The van der Waals surface area contributed by atoms with Crippen LogP contribution < -0.4 is 0 Å². The van der Waals surface area contributed by atoms with Gasteiger partial charge in [0.25, 0.3) is 0 Å². The molecule has 2 fully saturated rings. The van der Waals surface area contributed by atoms with E-state index in [1.807, 2.05) is 11.0 Å². The second kappa shape index (κ2) is 8.54.